The first-order chi connectivity index (χ1) is 20.2. The number of nitrogens with zero attached hydrogens (tertiary/aromatic N) is 2. The van der Waals surface area contributed by atoms with Crippen molar-refractivity contribution in [2.45, 2.75) is 18.8 Å². The molecule has 10 heteroatoms. The van der Waals surface area contributed by atoms with E-state index >= 15 is 0 Å². The highest BCUT2D eigenvalue weighted by Gasteiger charge is 2.37. The van der Waals surface area contributed by atoms with E-state index in [1.165, 1.54) is 19.3 Å². The summed E-state index contributed by atoms with van der Waals surface area (Å²) in [6, 6.07) is 16.3. The minimum absolute atomic E-state index is 0.0674. The Balaban J connectivity index is 1.08. The Morgan fingerprint density at radius 2 is 1.55 bits per heavy atom. The number of hydrogen-bond acceptors (Lipinski definition) is 4. The molecule has 3 aromatic rings. The molecular weight excluding hydrogens is 547 g/mol. The second-order valence-corrected chi connectivity index (χ2v) is 10.5. The summed E-state index contributed by atoms with van der Waals surface area (Å²) in [5.74, 6) is -4.29. The number of anilines is 1. The Hall–Kier alpha value is -4.60. The molecule has 2 saturated heterocycles. The maximum absolute atomic E-state index is 13.4. The highest BCUT2D eigenvalue weighted by molar-refractivity contribution is 6.00. The van der Waals surface area contributed by atoms with Gasteiger partial charge in [-0.2, -0.15) is 0 Å². The fraction of sp³-hybridized carbons (Fsp3) is 0.281. The maximum Gasteiger partial charge on any atom is 0.257 e. The van der Waals surface area contributed by atoms with Gasteiger partial charge < -0.3 is 19.9 Å². The molecule has 3 amide bonds. The number of methoxy groups -OCH3 is 1. The van der Waals surface area contributed by atoms with Gasteiger partial charge in [-0.1, -0.05) is 24.3 Å². The second-order valence-electron chi connectivity index (χ2n) is 10.5. The SMILES string of the molecule is COc1ccccc1C(=O)N1CC(C(=O)Nc2ccc(C3CCN(C(=O)/C=C/c4cc(F)c(F)c(F)c4)CC3)cc2)C1. The quantitative estimate of drug-likeness (QED) is 0.308. The van der Waals surface area contributed by atoms with Gasteiger partial charge in [-0.15, -0.1) is 0 Å². The molecule has 1 N–H and O–H groups in total. The zero-order chi connectivity index (χ0) is 29.8. The molecule has 0 bridgehead atoms. The second kappa shape index (κ2) is 12.5. The molecule has 0 aliphatic carbocycles. The van der Waals surface area contributed by atoms with Crippen LogP contribution in [0.1, 0.15) is 40.2 Å². The average Bonchev–Trinajstić information content (AvgIpc) is 2.98. The third-order valence-corrected chi connectivity index (χ3v) is 7.76. The topological polar surface area (TPSA) is 79.0 Å². The number of carbonyl (C=O) groups is 3. The summed E-state index contributed by atoms with van der Waals surface area (Å²) in [4.78, 5) is 41.3. The standard InChI is InChI=1S/C32H30F3N3O4/c1-42-28-5-3-2-4-25(28)32(41)38-18-23(19-38)31(40)36-24-9-7-21(8-10-24)22-12-14-37(15-13-22)29(39)11-6-20-16-26(33)30(35)27(34)17-20/h2-11,16-17,22-23H,12-15,18-19H2,1H3,(H,36,40)/b11-6+. The molecule has 5 rings (SSSR count). The molecule has 7 nitrogen and oxygen atoms in total. The van der Waals surface area contributed by atoms with Crippen molar-refractivity contribution >= 4 is 29.5 Å². The summed E-state index contributed by atoms with van der Waals surface area (Å²) in [6.07, 6.45) is 3.98. The maximum atomic E-state index is 13.4. The van der Waals surface area contributed by atoms with E-state index in [2.05, 4.69) is 5.32 Å². The molecular formula is C32H30F3N3O4. The van der Waals surface area contributed by atoms with Crippen molar-refractivity contribution in [3.8, 4) is 5.75 Å². The van der Waals surface area contributed by atoms with Crippen LogP contribution in [0.2, 0.25) is 0 Å². The molecule has 0 saturated carbocycles. The predicted molar refractivity (Wildman–Crippen MR) is 151 cm³/mol. The van der Waals surface area contributed by atoms with Gasteiger partial charge in [0.2, 0.25) is 11.8 Å². The van der Waals surface area contributed by atoms with E-state index < -0.39 is 17.5 Å². The minimum Gasteiger partial charge on any atom is -0.496 e. The third-order valence-electron chi connectivity index (χ3n) is 7.76. The van der Waals surface area contributed by atoms with Crippen molar-refractivity contribution in [1.82, 2.24) is 9.80 Å². The highest BCUT2D eigenvalue weighted by atomic mass is 19.2. The van der Waals surface area contributed by atoms with Crippen LogP contribution in [-0.4, -0.2) is 60.8 Å². The Morgan fingerprint density at radius 1 is 0.905 bits per heavy atom. The lowest BCUT2D eigenvalue weighted by atomic mass is 9.89. The van der Waals surface area contributed by atoms with Crippen molar-refractivity contribution in [1.29, 1.82) is 0 Å². The smallest absolute Gasteiger partial charge is 0.257 e. The first-order valence-electron chi connectivity index (χ1n) is 13.7. The van der Waals surface area contributed by atoms with Crippen molar-refractivity contribution in [3.63, 3.8) is 0 Å². The lowest BCUT2D eigenvalue weighted by Gasteiger charge is -2.38. The first kappa shape index (κ1) is 28.9. The van der Waals surface area contributed by atoms with Crippen LogP contribution in [0.15, 0.2) is 66.7 Å². The van der Waals surface area contributed by atoms with Gasteiger partial charge in [0.1, 0.15) is 5.75 Å². The van der Waals surface area contributed by atoms with E-state index in [1.807, 2.05) is 24.3 Å². The number of ether oxygens (including phenoxy) is 1. The van der Waals surface area contributed by atoms with Gasteiger partial charge in [0, 0.05) is 37.9 Å². The van der Waals surface area contributed by atoms with Crippen LogP contribution in [0.4, 0.5) is 18.9 Å². The number of amides is 3. The van der Waals surface area contributed by atoms with Crippen molar-refractivity contribution in [2.24, 2.45) is 5.92 Å². The Bertz CT molecular complexity index is 1490. The monoisotopic (exact) mass is 577 g/mol. The highest BCUT2D eigenvalue weighted by Crippen LogP contribution is 2.30. The summed E-state index contributed by atoms with van der Waals surface area (Å²) in [5, 5.41) is 2.93. The molecule has 0 unspecified atom stereocenters. The van der Waals surface area contributed by atoms with Crippen LogP contribution in [0.5, 0.6) is 5.75 Å². The van der Waals surface area contributed by atoms with Crippen LogP contribution in [0, 0.1) is 23.4 Å². The number of benzene rings is 3. The van der Waals surface area contributed by atoms with Crippen molar-refractivity contribution < 1.29 is 32.3 Å². The normalized spacial score (nSPS) is 15.9. The van der Waals surface area contributed by atoms with Gasteiger partial charge >= 0.3 is 0 Å². The number of para-hydroxylation sites is 1. The lowest BCUT2D eigenvalue weighted by Crippen LogP contribution is -2.54. The van der Waals surface area contributed by atoms with Gasteiger partial charge in [0.15, 0.2) is 17.5 Å². The molecule has 0 atom stereocenters. The number of carbonyl (C=O) groups excluding carboxylic acids is 3. The van der Waals surface area contributed by atoms with Gasteiger partial charge in [0.25, 0.3) is 5.91 Å². The third kappa shape index (κ3) is 6.32. The van der Waals surface area contributed by atoms with Crippen molar-refractivity contribution in [2.75, 3.05) is 38.6 Å². The number of halogens is 3. The molecule has 2 heterocycles. The number of piperidine rings is 1. The number of rotatable bonds is 7. The molecule has 0 aromatic heterocycles. The Morgan fingerprint density at radius 3 is 2.19 bits per heavy atom. The molecule has 0 radical (unpaired) electrons. The van der Waals surface area contributed by atoms with Crippen LogP contribution in [0.25, 0.3) is 6.08 Å². The first-order valence-corrected chi connectivity index (χ1v) is 13.7. The van der Waals surface area contributed by atoms with Gasteiger partial charge in [-0.05, 0) is 72.4 Å². The molecule has 0 spiro atoms. The Labute approximate surface area is 241 Å². The summed E-state index contributed by atoms with van der Waals surface area (Å²) in [7, 11) is 1.51. The number of likely N-dealkylation sites (tertiary alicyclic amines) is 2. The Kier molecular flexibility index (Phi) is 8.61. The molecule has 2 aliphatic rings. The average molecular weight is 578 g/mol. The summed E-state index contributed by atoms with van der Waals surface area (Å²) in [5.41, 5.74) is 2.31. The molecule has 218 valence electrons. The van der Waals surface area contributed by atoms with Crippen LogP contribution >= 0.6 is 0 Å². The fourth-order valence-corrected chi connectivity index (χ4v) is 5.26. The van der Waals surface area contributed by atoms with E-state index in [4.69, 9.17) is 4.74 Å². The fourth-order valence-electron chi connectivity index (χ4n) is 5.26. The summed E-state index contributed by atoms with van der Waals surface area (Å²) >= 11 is 0. The summed E-state index contributed by atoms with van der Waals surface area (Å²) < 4.78 is 45.2. The van der Waals surface area contributed by atoms with E-state index in [0.29, 0.717) is 43.2 Å². The van der Waals surface area contributed by atoms with Gasteiger partial charge in [0.05, 0.1) is 18.6 Å². The van der Waals surface area contributed by atoms with Crippen LogP contribution in [0.3, 0.4) is 0 Å². The molecule has 42 heavy (non-hydrogen) atoms. The lowest BCUT2D eigenvalue weighted by molar-refractivity contribution is -0.127. The largest absolute Gasteiger partial charge is 0.496 e. The van der Waals surface area contributed by atoms with Gasteiger partial charge in [-0.3, -0.25) is 14.4 Å². The molecule has 2 fully saturated rings. The van der Waals surface area contributed by atoms with Crippen LogP contribution in [-0.2, 0) is 9.59 Å². The zero-order valence-corrected chi connectivity index (χ0v) is 23.0. The molecule has 2 aliphatic heterocycles. The molecule has 3 aromatic carbocycles. The number of hydrogen-bond donors (Lipinski definition) is 1. The van der Waals surface area contributed by atoms with Gasteiger partial charge in [-0.25, -0.2) is 13.2 Å². The van der Waals surface area contributed by atoms with E-state index in [0.717, 1.165) is 30.5 Å². The van der Waals surface area contributed by atoms with E-state index in [1.54, 1.807) is 34.1 Å². The predicted octanol–water partition coefficient (Wildman–Crippen LogP) is 5.24. The van der Waals surface area contributed by atoms with Crippen LogP contribution < -0.4 is 10.1 Å². The summed E-state index contributed by atoms with van der Waals surface area (Å²) in [6.45, 7) is 1.71. The zero-order valence-electron chi connectivity index (χ0n) is 23.0. The number of nitrogens with one attached hydrogen (secondary N) is 1. The van der Waals surface area contributed by atoms with E-state index in [-0.39, 0.29) is 35.1 Å². The van der Waals surface area contributed by atoms with E-state index in [9.17, 15) is 27.6 Å². The minimum atomic E-state index is -1.54. The van der Waals surface area contributed by atoms with Crippen molar-refractivity contribution in [3.05, 3.63) is 101 Å².